The average Bonchev–Trinajstić information content (AvgIpc) is 2.62. The van der Waals surface area contributed by atoms with Gasteiger partial charge in [-0.25, -0.2) is 0 Å². The van der Waals surface area contributed by atoms with Gasteiger partial charge in [0.1, 0.15) is 0 Å². The van der Waals surface area contributed by atoms with Crippen LogP contribution in [-0.4, -0.2) is 49.1 Å². The Labute approximate surface area is 119 Å². The van der Waals surface area contributed by atoms with Gasteiger partial charge in [-0.05, 0) is 5.57 Å². The van der Waals surface area contributed by atoms with Gasteiger partial charge in [0, 0.05) is 64.2 Å². The standard InChI is InChI=1S/C8H13N3O2.Ac/c1-9-8(10-6-13)11-3-2-7(4-11)5-12;/h2,6,12H,3-5H2,1H3,(H,9,10,13);. The molecular weight excluding hydrogens is 397 g/mol. The summed E-state index contributed by atoms with van der Waals surface area (Å²) in [6, 6.07) is 0. The van der Waals surface area contributed by atoms with Crippen molar-refractivity contribution in [3.05, 3.63) is 11.6 Å². The largest absolute Gasteiger partial charge is 0.392 e. The minimum atomic E-state index is 0. The number of rotatable bonds is 2. The second-order valence-electron chi connectivity index (χ2n) is 2.71. The summed E-state index contributed by atoms with van der Waals surface area (Å²) in [6.07, 6.45) is 2.52. The second kappa shape index (κ2) is 7.38. The maximum absolute atomic E-state index is 10.2. The van der Waals surface area contributed by atoms with Crippen LogP contribution in [0.5, 0.6) is 0 Å². The number of carbonyl (C=O) groups excluding carboxylic acids is 1. The maximum atomic E-state index is 10.2. The Morgan fingerprint density at radius 1 is 1.86 bits per heavy atom. The molecule has 0 atom stereocenters. The molecule has 1 aliphatic rings. The quantitative estimate of drug-likeness (QED) is 0.265. The fraction of sp³-hybridized carbons (Fsp3) is 0.500. The molecule has 0 saturated carbocycles. The Kier molecular flexibility index (Phi) is 7.43. The summed E-state index contributed by atoms with van der Waals surface area (Å²) in [6.45, 7) is 1.38. The molecule has 0 unspecified atom stereocenters. The number of hydrogen-bond acceptors (Lipinski definition) is 3. The molecule has 0 saturated heterocycles. The van der Waals surface area contributed by atoms with E-state index in [9.17, 15) is 4.79 Å². The zero-order valence-electron chi connectivity index (χ0n) is 8.10. The first-order valence-corrected chi connectivity index (χ1v) is 4.02. The molecule has 75 valence electrons. The SMILES string of the molecule is CN=C(NC=O)N1CC=C(CO)C1.[Ac]. The Morgan fingerprint density at radius 3 is 3.00 bits per heavy atom. The summed E-state index contributed by atoms with van der Waals surface area (Å²) in [7, 11) is 1.61. The van der Waals surface area contributed by atoms with Crippen molar-refractivity contribution in [3.63, 3.8) is 0 Å². The van der Waals surface area contributed by atoms with E-state index in [4.69, 9.17) is 5.11 Å². The normalized spacial score (nSPS) is 16.0. The van der Waals surface area contributed by atoms with E-state index in [1.54, 1.807) is 7.05 Å². The monoisotopic (exact) mass is 410 g/mol. The molecule has 1 aliphatic heterocycles. The van der Waals surface area contributed by atoms with Crippen molar-refractivity contribution in [1.29, 1.82) is 0 Å². The molecule has 1 heterocycles. The molecule has 0 spiro atoms. The molecule has 0 aromatic rings. The van der Waals surface area contributed by atoms with Gasteiger partial charge in [-0.3, -0.25) is 15.1 Å². The number of nitrogens with zero attached hydrogens (tertiary/aromatic N) is 2. The molecule has 5 nitrogen and oxygen atoms in total. The Bertz CT molecular complexity index is 253. The minimum absolute atomic E-state index is 0. The number of aliphatic hydroxyl groups is 1. The molecular formula is C8H13AcN3O2. The molecule has 1 rings (SSSR count). The first-order chi connectivity index (χ1) is 6.31. The Hall–Kier alpha value is 0.0816. The first kappa shape index (κ1) is 14.1. The van der Waals surface area contributed by atoms with Gasteiger partial charge in [-0.2, -0.15) is 0 Å². The van der Waals surface area contributed by atoms with Crippen molar-refractivity contribution in [2.75, 3.05) is 26.7 Å². The number of aliphatic imine (C=N–C) groups is 1. The predicted molar refractivity (Wildman–Crippen MR) is 49.3 cm³/mol. The van der Waals surface area contributed by atoms with Crippen molar-refractivity contribution in [3.8, 4) is 0 Å². The molecule has 0 aromatic heterocycles. The van der Waals surface area contributed by atoms with Gasteiger partial charge in [0.05, 0.1) is 6.61 Å². The van der Waals surface area contributed by atoms with Gasteiger partial charge < -0.3 is 10.0 Å². The van der Waals surface area contributed by atoms with Crippen LogP contribution in [0.2, 0.25) is 0 Å². The summed E-state index contributed by atoms with van der Waals surface area (Å²) in [5, 5.41) is 11.3. The number of amides is 1. The van der Waals surface area contributed by atoms with Crippen molar-refractivity contribution in [2.24, 2.45) is 4.99 Å². The third kappa shape index (κ3) is 3.68. The van der Waals surface area contributed by atoms with Crippen LogP contribution >= 0.6 is 0 Å². The van der Waals surface area contributed by atoms with E-state index < -0.39 is 0 Å². The molecule has 0 fully saturated rings. The molecule has 6 heteroatoms. The van der Waals surface area contributed by atoms with Gasteiger partial charge in [0.2, 0.25) is 12.4 Å². The summed E-state index contributed by atoms with van der Waals surface area (Å²) >= 11 is 0. The molecule has 1 radical (unpaired) electrons. The van der Waals surface area contributed by atoms with Crippen molar-refractivity contribution in [1.82, 2.24) is 10.2 Å². The molecule has 2 N–H and O–H groups in total. The third-order valence-corrected chi connectivity index (χ3v) is 1.90. The number of aliphatic hydroxyl groups excluding tert-OH is 1. The fourth-order valence-electron chi connectivity index (χ4n) is 1.24. The maximum Gasteiger partial charge on any atom is 0.213 e. The summed E-state index contributed by atoms with van der Waals surface area (Å²) in [5.41, 5.74) is 0.953. The van der Waals surface area contributed by atoms with E-state index in [-0.39, 0.29) is 50.7 Å². The van der Waals surface area contributed by atoms with E-state index in [1.165, 1.54) is 0 Å². The number of nitrogens with one attached hydrogen (secondary N) is 1. The van der Waals surface area contributed by atoms with Crippen LogP contribution in [0.15, 0.2) is 16.6 Å². The summed E-state index contributed by atoms with van der Waals surface area (Å²) in [4.78, 5) is 16.0. The Balaban J connectivity index is 0.00000169. The molecule has 1 amide bonds. The van der Waals surface area contributed by atoms with E-state index in [1.807, 2.05) is 11.0 Å². The third-order valence-electron chi connectivity index (χ3n) is 1.90. The van der Waals surface area contributed by atoms with Gasteiger partial charge in [0.25, 0.3) is 0 Å². The number of carbonyl (C=O) groups is 1. The summed E-state index contributed by atoms with van der Waals surface area (Å²) in [5.74, 6) is 0.537. The summed E-state index contributed by atoms with van der Waals surface area (Å²) < 4.78 is 0. The van der Waals surface area contributed by atoms with Gasteiger partial charge in [-0.15, -0.1) is 0 Å². The average molecular weight is 410 g/mol. The second-order valence-corrected chi connectivity index (χ2v) is 2.71. The van der Waals surface area contributed by atoms with E-state index in [2.05, 4.69) is 10.3 Å². The topological polar surface area (TPSA) is 64.9 Å². The van der Waals surface area contributed by atoms with Crippen LogP contribution in [0.25, 0.3) is 0 Å². The van der Waals surface area contributed by atoms with Crippen molar-refractivity contribution in [2.45, 2.75) is 0 Å². The van der Waals surface area contributed by atoms with Crippen LogP contribution in [0.3, 0.4) is 0 Å². The fourth-order valence-corrected chi connectivity index (χ4v) is 1.24. The number of guanidine groups is 1. The van der Waals surface area contributed by atoms with Gasteiger partial charge >= 0.3 is 0 Å². The zero-order valence-corrected chi connectivity index (χ0v) is 12.8. The van der Waals surface area contributed by atoms with Crippen molar-refractivity contribution < 1.29 is 54.0 Å². The van der Waals surface area contributed by atoms with Crippen LogP contribution in [0.1, 0.15) is 0 Å². The smallest absolute Gasteiger partial charge is 0.213 e. The van der Waals surface area contributed by atoms with E-state index in [0.29, 0.717) is 25.5 Å². The van der Waals surface area contributed by atoms with E-state index >= 15 is 0 Å². The van der Waals surface area contributed by atoms with Gasteiger partial charge in [-0.1, -0.05) is 6.08 Å². The minimum Gasteiger partial charge on any atom is -0.392 e. The van der Waals surface area contributed by atoms with Gasteiger partial charge in [0.15, 0.2) is 0 Å². The van der Waals surface area contributed by atoms with Crippen molar-refractivity contribution >= 4 is 12.4 Å². The Morgan fingerprint density at radius 2 is 2.57 bits per heavy atom. The van der Waals surface area contributed by atoms with Crippen LogP contribution < -0.4 is 5.32 Å². The predicted octanol–water partition coefficient (Wildman–Crippen LogP) is -1.05. The molecule has 0 aliphatic carbocycles. The molecule has 0 aromatic carbocycles. The van der Waals surface area contributed by atoms with E-state index in [0.717, 1.165) is 5.57 Å². The first-order valence-electron chi connectivity index (χ1n) is 4.02. The van der Waals surface area contributed by atoms with Crippen LogP contribution in [0.4, 0.5) is 0 Å². The van der Waals surface area contributed by atoms with Crippen LogP contribution in [0, 0.1) is 44.1 Å². The molecule has 14 heavy (non-hydrogen) atoms. The zero-order chi connectivity index (χ0) is 9.68. The van der Waals surface area contributed by atoms with Crippen LogP contribution in [-0.2, 0) is 4.79 Å². The molecule has 0 bridgehead atoms. The number of hydrogen-bond donors (Lipinski definition) is 2.